The Morgan fingerprint density at radius 3 is 1.81 bits per heavy atom. The van der Waals surface area contributed by atoms with E-state index in [1.807, 2.05) is 23.5 Å². The zero-order chi connectivity index (χ0) is 27.9. The fourth-order valence-electron chi connectivity index (χ4n) is 5.76. The highest BCUT2D eigenvalue weighted by Gasteiger charge is 2.18. The van der Waals surface area contributed by atoms with Crippen molar-refractivity contribution in [2.75, 3.05) is 4.90 Å². The van der Waals surface area contributed by atoms with E-state index in [4.69, 9.17) is 9.97 Å². The van der Waals surface area contributed by atoms with Crippen LogP contribution in [0.4, 0.5) is 17.1 Å². The van der Waals surface area contributed by atoms with Crippen molar-refractivity contribution in [3.05, 3.63) is 152 Å². The summed E-state index contributed by atoms with van der Waals surface area (Å²) in [5, 5.41) is 3.58. The predicted octanol–water partition coefficient (Wildman–Crippen LogP) is 10.8. The molecular formula is C38H25N3S. The molecule has 0 N–H and O–H groups in total. The molecule has 42 heavy (non-hydrogen) atoms. The maximum absolute atomic E-state index is 5.30. The zero-order valence-electron chi connectivity index (χ0n) is 22.7. The largest absolute Gasteiger partial charge is 0.310 e. The number of aromatic nitrogens is 2. The summed E-state index contributed by atoms with van der Waals surface area (Å²) in [7, 11) is 0. The van der Waals surface area contributed by atoms with E-state index in [0.29, 0.717) is 5.82 Å². The van der Waals surface area contributed by atoms with Crippen molar-refractivity contribution in [3.63, 3.8) is 0 Å². The summed E-state index contributed by atoms with van der Waals surface area (Å²) in [6, 6.07) is 52.9. The third-order valence-electron chi connectivity index (χ3n) is 7.64. The molecule has 0 spiro atoms. The number of fused-ring (bicyclic) bond motifs is 5. The summed E-state index contributed by atoms with van der Waals surface area (Å²) in [5.41, 5.74) is 7.20. The van der Waals surface area contributed by atoms with Gasteiger partial charge >= 0.3 is 0 Å². The number of hydrogen-bond donors (Lipinski definition) is 0. The summed E-state index contributed by atoms with van der Waals surface area (Å²) in [6.07, 6.45) is 0. The molecule has 0 fully saturated rings. The molecule has 0 atom stereocenters. The molecule has 0 amide bonds. The lowest BCUT2D eigenvalue weighted by Gasteiger charge is -2.25. The van der Waals surface area contributed by atoms with E-state index in [2.05, 4.69) is 144 Å². The first-order valence-corrected chi connectivity index (χ1v) is 14.8. The lowest BCUT2D eigenvalue weighted by molar-refractivity contribution is 1.22. The molecule has 8 aromatic rings. The summed E-state index contributed by atoms with van der Waals surface area (Å²) < 4.78 is 2.53. The molecule has 6 aromatic carbocycles. The molecule has 2 heterocycles. The average molecular weight is 556 g/mol. The van der Waals surface area contributed by atoms with Gasteiger partial charge in [0.05, 0.1) is 11.2 Å². The maximum atomic E-state index is 5.30. The molecule has 0 aliphatic rings. The van der Waals surface area contributed by atoms with Gasteiger partial charge in [-0.3, -0.25) is 0 Å². The molecule has 2 aromatic heterocycles. The van der Waals surface area contributed by atoms with Crippen LogP contribution in [0.2, 0.25) is 0 Å². The minimum Gasteiger partial charge on any atom is -0.310 e. The molecule has 3 nitrogen and oxygen atoms in total. The standard InChI is InChI=1S/C38H25N3S/c1-4-13-26(14-5-1)37-36-32(23-24-34-35(36)31-21-10-11-22-33(31)42-34)39-38(40-37)27-15-12-20-30(25-27)41(28-16-6-2-7-17-28)29-18-8-3-9-19-29/h1-25H. The highest BCUT2D eigenvalue weighted by Crippen LogP contribution is 2.42. The van der Waals surface area contributed by atoms with Gasteiger partial charge in [0, 0.05) is 53.7 Å². The minimum atomic E-state index is 0.711. The third-order valence-corrected chi connectivity index (χ3v) is 8.78. The summed E-state index contributed by atoms with van der Waals surface area (Å²) in [5.74, 6) is 0.711. The smallest absolute Gasteiger partial charge is 0.160 e. The van der Waals surface area contributed by atoms with Crippen LogP contribution in [-0.2, 0) is 0 Å². The van der Waals surface area contributed by atoms with E-state index < -0.39 is 0 Å². The number of benzene rings is 6. The Hall–Kier alpha value is -5.32. The first-order chi connectivity index (χ1) is 20.8. The van der Waals surface area contributed by atoms with E-state index in [1.54, 1.807) is 0 Å². The Morgan fingerprint density at radius 2 is 1.07 bits per heavy atom. The van der Waals surface area contributed by atoms with Gasteiger partial charge in [-0.2, -0.15) is 0 Å². The van der Waals surface area contributed by atoms with Crippen molar-refractivity contribution < 1.29 is 0 Å². The van der Waals surface area contributed by atoms with Crippen LogP contribution in [0.5, 0.6) is 0 Å². The van der Waals surface area contributed by atoms with Crippen molar-refractivity contribution in [3.8, 4) is 22.6 Å². The van der Waals surface area contributed by atoms with E-state index in [1.165, 1.54) is 20.2 Å². The number of rotatable bonds is 5. The second-order valence-electron chi connectivity index (χ2n) is 10.2. The number of para-hydroxylation sites is 2. The van der Waals surface area contributed by atoms with Gasteiger partial charge in [0.25, 0.3) is 0 Å². The zero-order valence-corrected chi connectivity index (χ0v) is 23.5. The summed E-state index contributed by atoms with van der Waals surface area (Å²) >= 11 is 1.82. The van der Waals surface area contributed by atoms with Crippen LogP contribution in [0.1, 0.15) is 0 Å². The Kier molecular flexibility index (Phi) is 5.98. The predicted molar refractivity (Wildman–Crippen MR) is 178 cm³/mol. The highest BCUT2D eigenvalue weighted by atomic mass is 32.1. The van der Waals surface area contributed by atoms with Crippen LogP contribution in [-0.4, -0.2) is 9.97 Å². The third kappa shape index (κ3) is 4.21. The molecule has 0 aliphatic carbocycles. The van der Waals surface area contributed by atoms with Crippen molar-refractivity contribution in [1.82, 2.24) is 9.97 Å². The van der Waals surface area contributed by atoms with Gasteiger partial charge in [-0.1, -0.05) is 97.1 Å². The number of hydrogen-bond acceptors (Lipinski definition) is 4. The maximum Gasteiger partial charge on any atom is 0.160 e. The molecule has 0 aliphatic heterocycles. The lowest BCUT2D eigenvalue weighted by Crippen LogP contribution is -2.09. The normalized spacial score (nSPS) is 11.3. The molecule has 0 saturated carbocycles. The van der Waals surface area contributed by atoms with Crippen LogP contribution in [0.15, 0.2) is 152 Å². The van der Waals surface area contributed by atoms with Crippen molar-refractivity contribution >= 4 is 59.5 Å². The Morgan fingerprint density at radius 1 is 0.452 bits per heavy atom. The molecule has 0 radical (unpaired) electrons. The fourth-order valence-corrected chi connectivity index (χ4v) is 6.87. The van der Waals surface area contributed by atoms with Gasteiger partial charge in [0.1, 0.15) is 0 Å². The second kappa shape index (κ2) is 10.3. The van der Waals surface area contributed by atoms with Gasteiger partial charge in [-0.25, -0.2) is 9.97 Å². The first-order valence-electron chi connectivity index (χ1n) is 14.0. The molecule has 0 bridgehead atoms. The Bertz CT molecular complexity index is 2150. The van der Waals surface area contributed by atoms with Crippen LogP contribution in [0.25, 0.3) is 53.7 Å². The molecule has 0 unspecified atom stereocenters. The Balaban J connectivity index is 1.36. The summed E-state index contributed by atoms with van der Waals surface area (Å²) in [4.78, 5) is 12.8. The Labute approximate surface area is 248 Å². The molecule has 8 rings (SSSR count). The molecule has 198 valence electrons. The number of thiophene rings is 1. The first kappa shape index (κ1) is 24.5. The van der Waals surface area contributed by atoms with E-state index in [0.717, 1.165) is 44.8 Å². The van der Waals surface area contributed by atoms with E-state index in [9.17, 15) is 0 Å². The molecule has 0 saturated heterocycles. The number of anilines is 3. The minimum absolute atomic E-state index is 0.711. The van der Waals surface area contributed by atoms with Crippen LogP contribution < -0.4 is 4.90 Å². The van der Waals surface area contributed by atoms with Crippen LogP contribution in [0, 0.1) is 0 Å². The molecular weight excluding hydrogens is 531 g/mol. The van der Waals surface area contributed by atoms with Gasteiger partial charge in [0.2, 0.25) is 0 Å². The summed E-state index contributed by atoms with van der Waals surface area (Å²) in [6.45, 7) is 0. The van der Waals surface area contributed by atoms with Gasteiger partial charge in [0.15, 0.2) is 5.82 Å². The fraction of sp³-hybridized carbons (Fsp3) is 0. The van der Waals surface area contributed by atoms with Gasteiger partial charge in [-0.05, 0) is 54.6 Å². The highest BCUT2D eigenvalue weighted by molar-refractivity contribution is 7.26. The van der Waals surface area contributed by atoms with Gasteiger partial charge in [-0.15, -0.1) is 11.3 Å². The number of nitrogens with zero attached hydrogens (tertiary/aromatic N) is 3. The van der Waals surface area contributed by atoms with Crippen molar-refractivity contribution in [2.24, 2.45) is 0 Å². The topological polar surface area (TPSA) is 29.0 Å². The van der Waals surface area contributed by atoms with E-state index >= 15 is 0 Å². The lowest BCUT2D eigenvalue weighted by atomic mass is 10.0. The van der Waals surface area contributed by atoms with Crippen LogP contribution in [0.3, 0.4) is 0 Å². The van der Waals surface area contributed by atoms with Crippen molar-refractivity contribution in [2.45, 2.75) is 0 Å². The SMILES string of the molecule is c1ccc(-c2nc(-c3cccc(N(c4ccccc4)c4ccccc4)c3)nc3ccc4sc5ccccc5c4c23)cc1. The quantitative estimate of drug-likeness (QED) is 0.211. The van der Waals surface area contributed by atoms with Crippen molar-refractivity contribution in [1.29, 1.82) is 0 Å². The second-order valence-corrected chi connectivity index (χ2v) is 11.3. The average Bonchev–Trinajstić information content (AvgIpc) is 3.45. The van der Waals surface area contributed by atoms with Crippen LogP contribution >= 0.6 is 11.3 Å². The monoisotopic (exact) mass is 555 g/mol. The molecule has 4 heteroatoms. The van der Waals surface area contributed by atoms with Gasteiger partial charge < -0.3 is 4.90 Å². The van der Waals surface area contributed by atoms with E-state index in [-0.39, 0.29) is 0 Å².